The molecule has 0 N–H and O–H groups in total. The van der Waals surface area contributed by atoms with Gasteiger partial charge in [0.25, 0.3) is 0 Å². The molecule has 0 aromatic heterocycles. The highest BCUT2D eigenvalue weighted by atomic mass is 14.4. The van der Waals surface area contributed by atoms with Crippen LogP contribution in [0.3, 0.4) is 0 Å². The lowest BCUT2D eigenvalue weighted by molar-refractivity contribution is 0.189. The fourth-order valence-corrected chi connectivity index (χ4v) is 2.35. The van der Waals surface area contributed by atoms with Crippen molar-refractivity contribution < 1.29 is 0 Å². The van der Waals surface area contributed by atoms with Gasteiger partial charge in [-0.05, 0) is 43.4 Å². The smallest absolute Gasteiger partial charge is 0.0201 e. The molecule has 1 radical (unpaired) electrons. The number of fused-ring (bicyclic) bond motifs is 2. The van der Waals surface area contributed by atoms with Crippen LogP contribution in [0.2, 0.25) is 0 Å². The summed E-state index contributed by atoms with van der Waals surface area (Å²) in [5, 5.41) is 0. The Morgan fingerprint density at radius 1 is 1.40 bits per heavy atom. The molecule has 0 aromatic rings. The van der Waals surface area contributed by atoms with Crippen LogP contribution >= 0.6 is 0 Å². The van der Waals surface area contributed by atoms with Crippen LogP contribution in [0.5, 0.6) is 0 Å². The van der Waals surface area contributed by atoms with Gasteiger partial charge in [-0.1, -0.05) is 12.5 Å². The quantitative estimate of drug-likeness (QED) is 0.511. The highest BCUT2D eigenvalue weighted by Crippen LogP contribution is 2.51. The van der Waals surface area contributed by atoms with Gasteiger partial charge in [0, 0.05) is 0 Å². The van der Waals surface area contributed by atoms with Crippen LogP contribution in [0.1, 0.15) is 32.1 Å². The van der Waals surface area contributed by atoms with Gasteiger partial charge in [0.15, 0.2) is 0 Å². The Morgan fingerprint density at radius 3 is 2.70 bits per heavy atom. The molecule has 0 amide bonds. The zero-order valence-electron chi connectivity index (χ0n) is 6.47. The van der Waals surface area contributed by atoms with Crippen molar-refractivity contribution in [2.24, 2.45) is 11.8 Å². The van der Waals surface area contributed by atoms with Gasteiger partial charge in [-0.2, -0.15) is 0 Å². The Kier molecular flexibility index (Phi) is 1.55. The Balaban J connectivity index is 1.89. The SMILES string of the molecule is C=CCC1CCC2C[C]1C2. The van der Waals surface area contributed by atoms with Crippen molar-refractivity contribution >= 4 is 0 Å². The number of allylic oxidation sites excluding steroid dienone is 1. The average molecular weight is 135 g/mol. The van der Waals surface area contributed by atoms with Gasteiger partial charge in [0.2, 0.25) is 0 Å². The minimum Gasteiger partial charge on any atom is -0.103 e. The summed E-state index contributed by atoms with van der Waals surface area (Å²) in [7, 11) is 0. The molecule has 0 aromatic carbocycles. The minimum atomic E-state index is 0.933. The first kappa shape index (κ1) is 6.45. The first-order valence-electron chi connectivity index (χ1n) is 4.35. The largest absolute Gasteiger partial charge is 0.103 e. The first-order valence-corrected chi connectivity index (χ1v) is 4.35. The maximum atomic E-state index is 3.79. The van der Waals surface area contributed by atoms with Crippen LogP contribution in [0.15, 0.2) is 12.7 Å². The second-order valence-electron chi connectivity index (χ2n) is 3.73. The van der Waals surface area contributed by atoms with E-state index in [0.29, 0.717) is 0 Å². The van der Waals surface area contributed by atoms with E-state index in [9.17, 15) is 0 Å². The molecular formula is C10H15. The molecule has 0 saturated heterocycles. The molecule has 0 heterocycles. The highest BCUT2D eigenvalue weighted by Gasteiger charge is 2.39. The third-order valence-electron chi connectivity index (χ3n) is 3.05. The second kappa shape index (κ2) is 2.41. The zero-order chi connectivity index (χ0) is 6.97. The molecule has 0 heteroatoms. The first-order chi connectivity index (χ1) is 4.90. The van der Waals surface area contributed by atoms with Crippen molar-refractivity contribution in [3.8, 4) is 0 Å². The van der Waals surface area contributed by atoms with E-state index >= 15 is 0 Å². The summed E-state index contributed by atoms with van der Waals surface area (Å²) in [5.74, 6) is 3.87. The topological polar surface area (TPSA) is 0 Å². The summed E-state index contributed by atoms with van der Waals surface area (Å²) in [4.78, 5) is 0. The van der Waals surface area contributed by atoms with Crippen molar-refractivity contribution in [1.82, 2.24) is 0 Å². The number of hydrogen-bond acceptors (Lipinski definition) is 0. The summed E-state index contributed by atoms with van der Waals surface area (Å²) < 4.78 is 0. The Morgan fingerprint density at radius 2 is 2.20 bits per heavy atom. The third-order valence-corrected chi connectivity index (χ3v) is 3.05. The van der Waals surface area contributed by atoms with E-state index in [1.54, 1.807) is 0 Å². The average Bonchev–Trinajstić information content (AvgIpc) is 1.87. The Labute approximate surface area is 63.3 Å². The van der Waals surface area contributed by atoms with E-state index in [2.05, 4.69) is 12.7 Å². The predicted octanol–water partition coefficient (Wildman–Crippen LogP) is 2.96. The van der Waals surface area contributed by atoms with E-state index in [1.807, 2.05) is 5.92 Å². The van der Waals surface area contributed by atoms with Gasteiger partial charge >= 0.3 is 0 Å². The van der Waals surface area contributed by atoms with Crippen molar-refractivity contribution in [1.29, 1.82) is 0 Å². The van der Waals surface area contributed by atoms with E-state index in [-0.39, 0.29) is 0 Å². The summed E-state index contributed by atoms with van der Waals surface area (Å²) in [6, 6.07) is 0. The van der Waals surface area contributed by atoms with Crippen molar-refractivity contribution in [2.75, 3.05) is 0 Å². The molecule has 2 bridgehead atoms. The van der Waals surface area contributed by atoms with Crippen LogP contribution in [-0.2, 0) is 0 Å². The molecule has 55 valence electrons. The van der Waals surface area contributed by atoms with E-state index < -0.39 is 0 Å². The highest BCUT2D eigenvalue weighted by molar-refractivity contribution is 5.12. The van der Waals surface area contributed by atoms with Crippen molar-refractivity contribution in [2.45, 2.75) is 32.1 Å². The molecule has 3 saturated carbocycles. The van der Waals surface area contributed by atoms with Crippen LogP contribution in [0, 0.1) is 17.8 Å². The molecule has 3 rings (SSSR count). The third kappa shape index (κ3) is 0.902. The lowest BCUT2D eigenvalue weighted by Crippen LogP contribution is -2.34. The Bertz CT molecular complexity index is 128. The fourth-order valence-electron chi connectivity index (χ4n) is 2.35. The van der Waals surface area contributed by atoms with Crippen LogP contribution in [0.4, 0.5) is 0 Å². The summed E-state index contributed by atoms with van der Waals surface area (Å²) in [5.41, 5.74) is 0. The van der Waals surface area contributed by atoms with Gasteiger partial charge < -0.3 is 0 Å². The number of rotatable bonds is 2. The van der Waals surface area contributed by atoms with Gasteiger partial charge in [0.1, 0.15) is 0 Å². The summed E-state index contributed by atoms with van der Waals surface area (Å²) in [6.45, 7) is 3.79. The van der Waals surface area contributed by atoms with Gasteiger partial charge in [-0.15, -0.1) is 6.58 Å². The summed E-state index contributed by atoms with van der Waals surface area (Å²) >= 11 is 0. The lowest BCUT2D eigenvalue weighted by atomic mass is 9.59. The van der Waals surface area contributed by atoms with Crippen LogP contribution in [-0.4, -0.2) is 0 Å². The molecule has 0 spiro atoms. The molecule has 10 heavy (non-hydrogen) atoms. The molecule has 3 aliphatic rings. The van der Waals surface area contributed by atoms with Crippen molar-refractivity contribution in [3.05, 3.63) is 18.6 Å². The minimum absolute atomic E-state index is 0.933. The molecule has 1 unspecified atom stereocenters. The number of hydrogen-bond donors (Lipinski definition) is 0. The van der Waals surface area contributed by atoms with Gasteiger partial charge in [0.05, 0.1) is 0 Å². The summed E-state index contributed by atoms with van der Waals surface area (Å²) in [6.07, 6.45) is 9.17. The lowest BCUT2D eigenvalue weighted by Gasteiger charge is -2.46. The molecule has 3 aliphatic carbocycles. The van der Waals surface area contributed by atoms with Gasteiger partial charge in [-0.25, -0.2) is 0 Å². The molecule has 3 fully saturated rings. The zero-order valence-corrected chi connectivity index (χ0v) is 6.47. The fraction of sp³-hybridized carbons (Fsp3) is 0.700. The second-order valence-corrected chi connectivity index (χ2v) is 3.73. The van der Waals surface area contributed by atoms with E-state index in [4.69, 9.17) is 0 Å². The molecular weight excluding hydrogens is 120 g/mol. The standard InChI is InChI=1S/C10H15/c1-2-3-9-5-4-8-6-10(9)7-8/h2,8-9H,1,3-7H2. The maximum absolute atomic E-state index is 3.79. The normalized spacial score (nSPS) is 38.8. The maximum Gasteiger partial charge on any atom is -0.0201 e. The van der Waals surface area contributed by atoms with Crippen molar-refractivity contribution in [3.63, 3.8) is 0 Å². The van der Waals surface area contributed by atoms with Crippen LogP contribution < -0.4 is 0 Å². The Hall–Kier alpha value is -0.260. The van der Waals surface area contributed by atoms with Gasteiger partial charge in [-0.3, -0.25) is 0 Å². The molecule has 1 atom stereocenters. The monoisotopic (exact) mass is 135 g/mol. The molecule has 0 nitrogen and oxygen atoms in total. The van der Waals surface area contributed by atoms with E-state index in [1.165, 1.54) is 32.1 Å². The van der Waals surface area contributed by atoms with Crippen LogP contribution in [0.25, 0.3) is 0 Å². The van der Waals surface area contributed by atoms with E-state index in [0.717, 1.165) is 11.8 Å². The molecule has 0 aliphatic heterocycles. The predicted molar refractivity (Wildman–Crippen MR) is 43.5 cm³/mol.